The summed E-state index contributed by atoms with van der Waals surface area (Å²) in [5.41, 5.74) is 2.61. The van der Waals surface area contributed by atoms with Crippen LogP contribution in [0.4, 0.5) is 10.2 Å². The molecule has 4 rings (SSSR count). The fourth-order valence-corrected chi connectivity index (χ4v) is 2.74. The molecule has 0 spiro atoms. The number of nitrogens with zero attached hydrogens (tertiary/aromatic N) is 3. The zero-order valence-corrected chi connectivity index (χ0v) is 13.8. The van der Waals surface area contributed by atoms with Crippen LogP contribution in [-0.4, -0.2) is 26.1 Å². The van der Waals surface area contributed by atoms with Gasteiger partial charge in [-0.15, -0.1) is 0 Å². The van der Waals surface area contributed by atoms with E-state index in [1.807, 2.05) is 18.2 Å². The van der Waals surface area contributed by atoms with Gasteiger partial charge in [0.1, 0.15) is 17.3 Å². The lowest BCUT2D eigenvalue weighted by molar-refractivity contribution is 0.102. The molecule has 0 fully saturated rings. The van der Waals surface area contributed by atoms with Crippen LogP contribution in [0.1, 0.15) is 16.1 Å². The summed E-state index contributed by atoms with van der Waals surface area (Å²) < 4.78 is 13.4. The van der Waals surface area contributed by atoms with Crippen LogP contribution in [0.25, 0.3) is 22.3 Å². The van der Waals surface area contributed by atoms with E-state index in [1.165, 1.54) is 12.1 Å². The third-order valence-electron chi connectivity index (χ3n) is 4.04. The van der Waals surface area contributed by atoms with Gasteiger partial charge in [-0.1, -0.05) is 12.1 Å². The van der Waals surface area contributed by atoms with E-state index in [-0.39, 0.29) is 11.7 Å². The van der Waals surface area contributed by atoms with Gasteiger partial charge in [0, 0.05) is 22.7 Å². The molecule has 1 aromatic carbocycles. The molecule has 2 N–H and O–H groups in total. The summed E-state index contributed by atoms with van der Waals surface area (Å²) in [6.07, 6.45) is 1.64. The maximum Gasteiger partial charge on any atom is 0.275 e. The quantitative estimate of drug-likeness (QED) is 0.592. The number of aromatic nitrogens is 4. The minimum atomic E-state index is -0.375. The summed E-state index contributed by atoms with van der Waals surface area (Å²) in [7, 11) is 0. The second kappa shape index (κ2) is 6.36. The van der Waals surface area contributed by atoms with E-state index in [4.69, 9.17) is 0 Å². The number of H-pyrrole nitrogens is 1. The second-order valence-electron chi connectivity index (χ2n) is 5.78. The summed E-state index contributed by atoms with van der Waals surface area (Å²) in [4.78, 5) is 21.1. The highest BCUT2D eigenvalue weighted by atomic mass is 19.1. The highest BCUT2D eigenvalue weighted by Crippen LogP contribution is 2.24. The number of fused-ring (bicyclic) bond motifs is 1. The lowest BCUT2D eigenvalue weighted by Gasteiger charge is -2.05. The molecule has 4 aromatic rings. The number of anilines is 1. The van der Waals surface area contributed by atoms with Gasteiger partial charge in [0.2, 0.25) is 0 Å². The first-order chi connectivity index (χ1) is 12.6. The Morgan fingerprint density at radius 2 is 2.04 bits per heavy atom. The van der Waals surface area contributed by atoms with E-state index >= 15 is 0 Å². The highest BCUT2D eigenvalue weighted by Gasteiger charge is 2.18. The zero-order valence-electron chi connectivity index (χ0n) is 13.8. The van der Waals surface area contributed by atoms with E-state index in [1.54, 1.807) is 31.3 Å². The molecule has 0 radical (unpaired) electrons. The predicted octanol–water partition coefficient (Wildman–Crippen LogP) is 3.72. The molecule has 3 heterocycles. The Morgan fingerprint density at radius 3 is 2.88 bits per heavy atom. The van der Waals surface area contributed by atoms with Crippen molar-refractivity contribution in [3.63, 3.8) is 0 Å². The Labute approximate surface area is 148 Å². The minimum absolute atomic E-state index is 0.298. The molecule has 0 atom stereocenters. The first-order valence-corrected chi connectivity index (χ1v) is 7.96. The molecule has 128 valence electrons. The average molecular weight is 347 g/mol. The van der Waals surface area contributed by atoms with Crippen LogP contribution in [0.2, 0.25) is 0 Å². The van der Waals surface area contributed by atoms with Crippen LogP contribution >= 0.6 is 0 Å². The first-order valence-electron chi connectivity index (χ1n) is 7.96. The Balaban J connectivity index is 1.62. The van der Waals surface area contributed by atoms with Gasteiger partial charge in [-0.3, -0.25) is 9.89 Å². The lowest BCUT2D eigenvalue weighted by Crippen LogP contribution is -2.14. The van der Waals surface area contributed by atoms with Crippen LogP contribution in [0, 0.1) is 12.7 Å². The van der Waals surface area contributed by atoms with Crippen molar-refractivity contribution in [1.82, 2.24) is 20.2 Å². The van der Waals surface area contributed by atoms with Crippen molar-refractivity contribution in [3.05, 3.63) is 71.8 Å². The molecular weight excluding hydrogens is 333 g/mol. The molecule has 0 aliphatic heterocycles. The van der Waals surface area contributed by atoms with Crippen molar-refractivity contribution < 1.29 is 9.18 Å². The van der Waals surface area contributed by atoms with E-state index in [2.05, 4.69) is 25.5 Å². The topological polar surface area (TPSA) is 83.6 Å². The van der Waals surface area contributed by atoms with E-state index in [9.17, 15) is 9.18 Å². The van der Waals surface area contributed by atoms with Crippen LogP contribution < -0.4 is 5.32 Å². The lowest BCUT2D eigenvalue weighted by atomic mass is 10.1. The molecule has 0 aliphatic carbocycles. The largest absolute Gasteiger partial charge is 0.305 e. The van der Waals surface area contributed by atoms with E-state index < -0.39 is 0 Å². The molecule has 0 saturated carbocycles. The summed E-state index contributed by atoms with van der Waals surface area (Å²) in [5, 5.41) is 10.5. The number of halogens is 1. The number of pyridine rings is 2. The molecule has 7 heteroatoms. The van der Waals surface area contributed by atoms with Crippen molar-refractivity contribution in [2.24, 2.45) is 0 Å². The first kappa shape index (κ1) is 15.9. The smallest absolute Gasteiger partial charge is 0.275 e. The van der Waals surface area contributed by atoms with E-state index in [0.29, 0.717) is 34.0 Å². The fraction of sp³-hybridized carbons (Fsp3) is 0.0526. The summed E-state index contributed by atoms with van der Waals surface area (Å²) >= 11 is 0. The number of benzene rings is 1. The summed E-state index contributed by atoms with van der Waals surface area (Å²) in [6.45, 7) is 1.76. The summed E-state index contributed by atoms with van der Waals surface area (Å²) in [5.74, 6) is -0.341. The normalized spacial score (nSPS) is 10.8. The molecule has 0 unspecified atom stereocenters. The van der Waals surface area contributed by atoms with Gasteiger partial charge < -0.3 is 5.32 Å². The number of amides is 1. The standard InChI is InChI=1S/C19H14FN5O/c1-11-16(13-4-2-6-14(20)10-13)24-25-17(11)19(26)23-15-8-7-12-5-3-9-21-18(12)22-15/h2-10H,1H3,(H,24,25)(H,21,22,23,26). The Hall–Kier alpha value is -3.61. The molecule has 26 heavy (non-hydrogen) atoms. The highest BCUT2D eigenvalue weighted by molar-refractivity contribution is 6.04. The Kier molecular flexibility index (Phi) is 3.89. The SMILES string of the molecule is Cc1c(-c2cccc(F)c2)n[nH]c1C(=O)Nc1ccc2cccnc2n1. The van der Waals surface area contributed by atoms with Gasteiger partial charge in [0.25, 0.3) is 5.91 Å². The Morgan fingerprint density at radius 1 is 1.15 bits per heavy atom. The van der Waals surface area contributed by atoms with Crippen molar-refractivity contribution in [1.29, 1.82) is 0 Å². The molecule has 3 aromatic heterocycles. The van der Waals surface area contributed by atoms with Gasteiger partial charge >= 0.3 is 0 Å². The van der Waals surface area contributed by atoms with Gasteiger partial charge in [-0.2, -0.15) is 5.10 Å². The maximum atomic E-state index is 13.4. The van der Waals surface area contributed by atoms with Gasteiger partial charge in [0.05, 0.1) is 5.69 Å². The third-order valence-corrected chi connectivity index (χ3v) is 4.04. The monoisotopic (exact) mass is 347 g/mol. The minimum Gasteiger partial charge on any atom is -0.305 e. The molecule has 0 bridgehead atoms. The van der Waals surface area contributed by atoms with Crippen LogP contribution in [-0.2, 0) is 0 Å². The van der Waals surface area contributed by atoms with Crippen molar-refractivity contribution in [3.8, 4) is 11.3 Å². The second-order valence-corrected chi connectivity index (χ2v) is 5.78. The number of nitrogens with one attached hydrogen (secondary N) is 2. The average Bonchev–Trinajstić information content (AvgIpc) is 3.03. The van der Waals surface area contributed by atoms with Crippen molar-refractivity contribution >= 4 is 22.8 Å². The molecular formula is C19H14FN5O. The van der Waals surface area contributed by atoms with Gasteiger partial charge in [-0.05, 0) is 43.3 Å². The molecule has 0 aliphatic rings. The van der Waals surface area contributed by atoms with E-state index in [0.717, 1.165) is 5.39 Å². The molecule has 1 amide bonds. The zero-order chi connectivity index (χ0) is 18.1. The fourth-order valence-electron chi connectivity index (χ4n) is 2.74. The van der Waals surface area contributed by atoms with Gasteiger partial charge in [0.15, 0.2) is 5.65 Å². The number of aromatic amines is 1. The van der Waals surface area contributed by atoms with Crippen molar-refractivity contribution in [2.75, 3.05) is 5.32 Å². The number of carbonyl (C=O) groups excluding carboxylic acids is 1. The molecule has 0 saturated heterocycles. The number of carbonyl (C=O) groups is 1. The number of hydrogen-bond donors (Lipinski definition) is 2. The van der Waals surface area contributed by atoms with Crippen LogP contribution in [0.5, 0.6) is 0 Å². The molecule has 6 nitrogen and oxygen atoms in total. The maximum absolute atomic E-state index is 13.4. The van der Waals surface area contributed by atoms with Crippen LogP contribution in [0.15, 0.2) is 54.7 Å². The Bertz CT molecular complexity index is 1120. The van der Waals surface area contributed by atoms with Gasteiger partial charge in [-0.25, -0.2) is 14.4 Å². The predicted molar refractivity (Wildman–Crippen MR) is 96.2 cm³/mol. The van der Waals surface area contributed by atoms with Crippen molar-refractivity contribution in [2.45, 2.75) is 6.92 Å². The number of rotatable bonds is 3. The summed E-state index contributed by atoms with van der Waals surface area (Å²) in [6, 6.07) is 13.3. The number of hydrogen-bond acceptors (Lipinski definition) is 4. The van der Waals surface area contributed by atoms with Crippen LogP contribution in [0.3, 0.4) is 0 Å². The third kappa shape index (κ3) is 2.90.